The Labute approximate surface area is 186 Å². The Morgan fingerprint density at radius 3 is 2.83 bits per heavy atom. The van der Waals surface area contributed by atoms with Gasteiger partial charge in [-0.3, -0.25) is 14.2 Å². The molecular formula is C20H19Cl2N3O2S2. The summed E-state index contributed by atoms with van der Waals surface area (Å²) in [5.74, 6) is -0.266. The molecule has 0 bridgehead atoms. The molecule has 0 aliphatic carbocycles. The number of rotatable bonds is 6. The van der Waals surface area contributed by atoms with Gasteiger partial charge in [-0.25, -0.2) is 4.98 Å². The molecule has 0 fully saturated rings. The van der Waals surface area contributed by atoms with E-state index < -0.39 is 5.25 Å². The van der Waals surface area contributed by atoms with Crippen molar-refractivity contribution in [1.82, 2.24) is 9.55 Å². The van der Waals surface area contributed by atoms with Crippen LogP contribution in [0.4, 0.5) is 5.69 Å². The Balaban J connectivity index is 1.93. The minimum absolute atomic E-state index is 0.121. The zero-order chi connectivity index (χ0) is 21.3. The molecule has 1 atom stereocenters. The van der Waals surface area contributed by atoms with Crippen molar-refractivity contribution < 1.29 is 4.79 Å². The highest BCUT2D eigenvalue weighted by Crippen LogP contribution is 2.31. The van der Waals surface area contributed by atoms with Crippen molar-refractivity contribution in [2.24, 2.45) is 0 Å². The quantitative estimate of drug-likeness (QED) is 0.287. The standard InChI is InChI=1S/C20H19Cl2N3O2S2/c1-5-8-25-19(27)16-10(2)11(3)28-18(16)24-20(25)29-12(4)17(26)23-15-9-13(21)6-7-14(15)22/h5-7,9,12H,1,8H2,2-4H3,(H,23,26). The van der Waals surface area contributed by atoms with Gasteiger partial charge in [-0.05, 0) is 44.5 Å². The molecule has 0 aliphatic heterocycles. The van der Waals surface area contributed by atoms with E-state index in [0.717, 1.165) is 10.4 Å². The lowest BCUT2D eigenvalue weighted by Gasteiger charge is -2.15. The van der Waals surface area contributed by atoms with Crippen molar-refractivity contribution in [2.45, 2.75) is 37.7 Å². The van der Waals surface area contributed by atoms with Crippen LogP contribution in [0.25, 0.3) is 10.2 Å². The van der Waals surface area contributed by atoms with Crippen LogP contribution in [0.2, 0.25) is 10.0 Å². The fourth-order valence-electron chi connectivity index (χ4n) is 2.73. The van der Waals surface area contributed by atoms with Crippen LogP contribution in [0.1, 0.15) is 17.4 Å². The number of thiophene rings is 1. The van der Waals surface area contributed by atoms with E-state index in [1.54, 1.807) is 35.8 Å². The molecule has 0 saturated heterocycles. The molecule has 0 saturated carbocycles. The van der Waals surface area contributed by atoms with Gasteiger partial charge in [-0.2, -0.15) is 0 Å². The van der Waals surface area contributed by atoms with Gasteiger partial charge in [0.25, 0.3) is 5.56 Å². The number of aromatic nitrogens is 2. The number of amides is 1. The zero-order valence-electron chi connectivity index (χ0n) is 16.1. The second-order valence-corrected chi connectivity index (χ2v) is 9.79. The van der Waals surface area contributed by atoms with Crippen LogP contribution < -0.4 is 10.9 Å². The zero-order valence-corrected chi connectivity index (χ0v) is 19.2. The van der Waals surface area contributed by atoms with Gasteiger partial charge < -0.3 is 5.32 Å². The summed E-state index contributed by atoms with van der Waals surface area (Å²) >= 11 is 14.8. The molecule has 3 rings (SSSR count). The molecule has 9 heteroatoms. The van der Waals surface area contributed by atoms with Crippen molar-refractivity contribution in [2.75, 3.05) is 5.32 Å². The summed E-state index contributed by atoms with van der Waals surface area (Å²) in [5, 5.41) is 4.23. The number of benzene rings is 1. The summed E-state index contributed by atoms with van der Waals surface area (Å²) in [6.45, 7) is 9.69. The SMILES string of the molecule is C=CCn1c(SC(C)C(=O)Nc2cc(Cl)ccc2Cl)nc2sc(C)c(C)c2c1=O. The van der Waals surface area contributed by atoms with Gasteiger partial charge in [-0.15, -0.1) is 17.9 Å². The maximum atomic E-state index is 13.0. The molecule has 1 N–H and O–H groups in total. The van der Waals surface area contributed by atoms with E-state index in [1.165, 1.54) is 23.1 Å². The first-order chi connectivity index (χ1) is 13.7. The van der Waals surface area contributed by atoms with Crippen molar-refractivity contribution in [3.05, 3.63) is 61.7 Å². The first kappa shape index (κ1) is 21.9. The molecule has 152 valence electrons. The van der Waals surface area contributed by atoms with Crippen molar-refractivity contribution in [1.29, 1.82) is 0 Å². The fourth-order valence-corrected chi connectivity index (χ4v) is 5.05. The number of thioether (sulfide) groups is 1. The molecule has 1 aromatic carbocycles. The van der Waals surface area contributed by atoms with Gasteiger partial charge in [0.2, 0.25) is 5.91 Å². The Hall–Kier alpha value is -1.80. The lowest BCUT2D eigenvalue weighted by atomic mass is 10.2. The van der Waals surface area contributed by atoms with E-state index >= 15 is 0 Å². The van der Waals surface area contributed by atoms with Crippen LogP contribution in [0, 0.1) is 13.8 Å². The predicted octanol–water partition coefficient (Wildman–Crippen LogP) is 5.69. The number of fused-ring (bicyclic) bond motifs is 1. The second kappa shape index (κ2) is 8.92. The minimum Gasteiger partial charge on any atom is -0.324 e. The van der Waals surface area contributed by atoms with Gasteiger partial charge >= 0.3 is 0 Å². The van der Waals surface area contributed by atoms with E-state index in [1.807, 2.05) is 13.8 Å². The number of anilines is 1. The molecule has 1 unspecified atom stereocenters. The highest BCUT2D eigenvalue weighted by molar-refractivity contribution is 8.00. The molecule has 0 aliphatic rings. The Morgan fingerprint density at radius 2 is 2.14 bits per heavy atom. The molecule has 5 nitrogen and oxygen atoms in total. The first-order valence-electron chi connectivity index (χ1n) is 8.77. The van der Waals surface area contributed by atoms with Gasteiger partial charge in [0.1, 0.15) is 4.83 Å². The smallest absolute Gasteiger partial charge is 0.263 e. The second-order valence-electron chi connectivity index (χ2n) is 6.44. The third-order valence-corrected chi connectivity index (χ3v) is 7.16. The maximum absolute atomic E-state index is 13.0. The molecule has 0 radical (unpaired) electrons. The molecule has 0 spiro atoms. The summed E-state index contributed by atoms with van der Waals surface area (Å²) in [6, 6.07) is 4.86. The number of hydrogen-bond acceptors (Lipinski definition) is 5. The molecule has 3 aromatic rings. The molecule has 2 heterocycles. The van der Waals surface area contributed by atoms with Crippen LogP contribution in [-0.4, -0.2) is 20.7 Å². The van der Waals surface area contributed by atoms with Gasteiger partial charge in [0, 0.05) is 16.4 Å². The average Bonchev–Trinajstić information content (AvgIpc) is 2.95. The summed E-state index contributed by atoms with van der Waals surface area (Å²) in [7, 11) is 0. The number of nitrogens with one attached hydrogen (secondary N) is 1. The minimum atomic E-state index is -0.521. The normalized spacial score (nSPS) is 12.2. The first-order valence-corrected chi connectivity index (χ1v) is 11.2. The molecule has 2 aromatic heterocycles. The van der Waals surface area contributed by atoms with Crippen LogP contribution in [-0.2, 0) is 11.3 Å². The topological polar surface area (TPSA) is 64.0 Å². The van der Waals surface area contributed by atoms with E-state index in [4.69, 9.17) is 23.2 Å². The van der Waals surface area contributed by atoms with Crippen LogP contribution in [0.15, 0.2) is 40.8 Å². The fraction of sp³-hybridized carbons (Fsp3) is 0.250. The molecular weight excluding hydrogens is 449 g/mol. The van der Waals surface area contributed by atoms with Gasteiger partial charge in [0.05, 0.1) is 21.3 Å². The molecule has 29 heavy (non-hydrogen) atoms. The van der Waals surface area contributed by atoms with Crippen molar-refractivity contribution in [3.8, 4) is 0 Å². The molecule has 1 amide bonds. The van der Waals surface area contributed by atoms with Crippen molar-refractivity contribution in [3.63, 3.8) is 0 Å². The third kappa shape index (κ3) is 4.53. The van der Waals surface area contributed by atoms with Crippen molar-refractivity contribution >= 4 is 68.1 Å². The number of carbonyl (C=O) groups is 1. The Kier molecular flexibility index (Phi) is 6.73. The summed E-state index contributed by atoms with van der Waals surface area (Å²) < 4.78 is 1.55. The van der Waals surface area contributed by atoms with Gasteiger partial charge in [0.15, 0.2) is 5.16 Å². The van der Waals surface area contributed by atoms with E-state index in [0.29, 0.717) is 37.7 Å². The number of nitrogens with zero attached hydrogens (tertiary/aromatic N) is 2. The van der Waals surface area contributed by atoms with E-state index in [9.17, 15) is 9.59 Å². The van der Waals surface area contributed by atoms with E-state index in [2.05, 4.69) is 16.9 Å². The highest BCUT2D eigenvalue weighted by atomic mass is 35.5. The summed E-state index contributed by atoms with van der Waals surface area (Å²) in [6.07, 6.45) is 1.64. The average molecular weight is 468 g/mol. The van der Waals surface area contributed by atoms with E-state index in [-0.39, 0.29) is 11.5 Å². The third-order valence-electron chi connectivity index (χ3n) is 4.40. The summed E-state index contributed by atoms with van der Waals surface area (Å²) in [5.41, 5.74) is 1.26. The number of hydrogen-bond donors (Lipinski definition) is 1. The van der Waals surface area contributed by atoms with Gasteiger partial charge in [-0.1, -0.05) is 41.0 Å². The monoisotopic (exact) mass is 467 g/mol. The largest absolute Gasteiger partial charge is 0.324 e. The lowest BCUT2D eigenvalue weighted by molar-refractivity contribution is -0.115. The number of aryl methyl sites for hydroxylation is 2. The number of carbonyl (C=O) groups excluding carboxylic acids is 1. The Morgan fingerprint density at radius 1 is 1.41 bits per heavy atom. The maximum Gasteiger partial charge on any atom is 0.263 e. The van der Waals surface area contributed by atoms with Crippen LogP contribution in [0.3, 0.4) is 0 Å². The lowest BCUT2D eigenvalue weighted by Crippen LogP contribution is -2.26. The predicted molar refractivity (Wildman–Crippen MR) is 124 cm³/mol. The number of allylic oxidation sites excluding steroid dienone is 1. The Bertz CT molecular complexity index is 1170. The van der Waals surface area contributed by atoms with Crippen LogP contribution in [0.5, 0.6) is 0 Å². The number of halogens is 2. The highest BCUT2D eigenvalue weighted by Gasteiger charge is 2.21. The van der Waals surface area contributed by atoms with Crippen LogP contribution >= 0.6 is 46.3 Å². The summed E-state index contributed by atoms with van der Waals surface area (Å²) in [4.78, 5) is 32.1.